The molecule has 7 rings (SSSR count). The lowest BCUT2D eigenvalue weighted by Gasteiger charge is -2.23. The van der Waals surface area contributed by atoms with Gasteiger partial charge >= 0.3 is 12.4 Å². The van der Waals surface area contributed by atoms with Crippen LogP contribution >= 0.6 is 11.6 Å². The maximum absolute atomic E-state index is 15.6. The molecule has 0 bridgehead atoms. The van der Waals surface area contributed by atoms with Crippen molar-refractivity contribution in [2.45, 2.75) is 94.2 Å². The third kappa shape index (κ3) is 11.4. The van der Waals surface area contributed by atoms with E-state index in [2.05, 4.69) is 37.7 Å². The molecule has 1 saturated carbocycles. The normalized spacial score (nSPS) is 17.4. The zero-order valence-corrected chi connectivity index (χ0v) is 40.5. The van der Waals surface area contributed by atoms with E-state index >= 15 is 8.78 Å². The molecule has 5 aromatic rings. The molecule has 28 heteroatoms. The first-order valence-electron chi connectivity index (χ1n) is 21.2. The van der Waals surface area contributed by atoms with Gasteiger partial charge in [-0.25, -0.2) is 30.7 Å². The summed E-state index contributed by atoms with van der Waals surface area (Å²) in [6.07, 6.45) is -10.4. The fourth-order valence-electron chi connectivity index (χ4n) is 8.14. The van der Waals surface area contributed by atoms with Gasteiger partial charge in [0.15, 0.2) is 21.3 Å². The van der Waals surface area contributed by atoms with Gasteiger partial charge in [0.25, 0.3) is 17.2 Å². The molecule has 2 aliphatic carbocycles. The second-order valence-electron chi connectivity index (χ2n) is 18.4. The van der Waals surface area contributed by atoms with Crippen LogP contribution in [-0.2, 0) is 62.3 Å². The molecule has 0 radical (unpaired) electrons. The molecule has 4 atom stereocenters. The van der Waals surface area contributed by atoms with Crippen LogP contribution in [0.3, 0.4) is 0 Å². The van der Waals surface area contributed by atoms with Crippen LogP contribution in [0.15, 0.2) is 42.5 Å². The lowest BCUT2D eigenvalue weighted by molar-refractivity contribution is -0.143. The number of sulfone groups is 1. The van der Waals surface area contributed by atoms with E-state index in [0.29, 0.717) is 15.1 Å². The van der Waals surface area contributed by atoms with E-state index in [0.717, 1.165) is 36.6 Å². The van der Waals surface area contributed by atoms with Crippen LogP contribution in [0.5, 0.6) is 0 Å². The van der Waals surface area contributed by atoms with Gasteiger partial charge in [0.2, 0.25) is 11.8 Å². The van der Waals surface area contributed by atoms with Gasteiger partial charge in [-0.15, -0.1) is 0 Å². The second-order valence-corrected chi connectivity index (χ2v) is 22.2. The third-order valence-corrected chi connectivity index (χ3v) is 14.7. The van der Waals surface area contributed by atoms with Gasteiger partial charge in [-0.05, 0) is 88.3 Å². The minimum atomic E-state index is -5.22. The first-order valence-corrected chi connectivity index (χ1v) is 24.6. The summed E-state index contributed by atoms with van der Waals surface area (Å²) in [5.74, 6) is -6.76. The number of carbonyl (C=O) groups excluding carboxylic acids is 2. The van der Waals surface area contributed by atoms with Crippen molar-refractivity contribution < 1.29 is 75.8 Å². The Morgan fingerprint density at radius 1 is 0.986 bits per heavy atom. The van der Waals surface area contributed by atoms with Gasteiger partial charge in [-0.2, -0.15) is 45.3 Å². The summed E-state index contributed by atoms with van der Waals surface area (Å²) in [4.78, 5) is 31.7. The number of rotatable bonds is 15. The van der Waals surface area contributed by atoms with Crippen LogP contribution < -0.4 is 14.9 Å². The van der Waals surface area contributed by atoms with E-state index in [1.165, 1.54) is 33.8 Å². The zero-order valence-electron chi connectivity index (χ0n) is 38.1. The van der Waals surface area contributed by atoms with Gasteiger partial charge in [-0.3, -0.25) is 23.5 Å². The number of amides is 2. The van der Waals surface area contributed by atoms with Crippen LogP contribution in [0.4, 0.5) is 49.7 Å². The van der Waals surface area contributed by atoms with Crippen molar-refractivity contribution >= 4 is 61.2 Å². The molecule has 0 saturated heterocycles. The van der Waals surface area contributed by atoms with Crippen LogP contribution in [0.2, 0.25) is 5.02 Å². The summed E-state index contributed by atoms with van der Waals surface area (Å²) in [7, 11) is -3.90. The Bertz CT molecular complexity index is 3200. The van der Waals surface area contributed by atoms with Crippen LogP contribution in [-0.4, -0.2) is 94.5 Å². The molecule has 2 amide bonds. The van der Waals surface area contributed by atoms with Crippen molar-refractivity contribution in [3.8, 4) is 23.0 Å². The number of benzene rings is 2. The van der Waals surface area contributed by atoms with E-state index < -0.39 is 161 Å². The number of aromatic nitrogens is 5. The fourth-order valence-corrected chi connectivity index (χ4v) is 9.11. The number of nitrogens with one attached hydrogen (secondary N) is 2. The number of alkyl halides is 8. The molecule has 2 aliphatic rings. The maximum Gasteiger partial charge on any atom is 0.435 e. The number of hydrogen-bond donors (Lipinski definition) is 4. The molecule has 72 heavy (non-hydrogen) atoms. The van der Waals surface area contributed by atoms with Crippen LogP contribution in [0.1, 0.15) is 80.0 Å². The van der Waals surface area contributed by atoms with Crippen molar-refractivity contribution in [2.24, 2.45) is 5.92 Å². The third-order valence-electron chi connectivity index (χ3n) is 11.7. The average Bonchev–Trinajstić information content (AvgIpc) is 3.74. The quantitative estimate of drug-likeness (QED) is 0.0475. The minimum absolute atomic E-state index is 0.198. The van der Waals surface area contributed by atoms with Crippen molar-refractivity contribution in [3.05, 3.63) is 93.0 Å². The van der Waals surface area contributed by atoms with Crippen molar-refractivity contribution in [3.63, 3.8) is 0 Å². The molecule has 0 aliphatic heterocycles. The summed E-state index contributed by atoms with van der Waals surface area (Å²) in [5, 5.41) is 21.3. The van der Waals surface area contributed by atoms with Crippen molar-refractivity contribution in [1.29, 1.82) is 0 Å². The van der Waals surface area contributed by atoms with E-state index in [4.69, 9.17) is 11.6 Å². The first-order chi connectivity index (χ1) is 33.1. The molecule has 2 aromatic carbocycles. The number of halogens is 11. The van der Waals surface area contributed by atoms with Gasteiger partial charge in [0.1, 0.15) is 47.4 Å². The van der Waals surface area contributed by atoms with Crippen molar-refractivity contribution in [2.75, 3.05) is 23.7 Å². The topological polar surface area (TPSA) is 202 Å². The number of anilines is 1. The summed E-state index contributed by atoms with van der Waals surface area (Å²) >= 11 is 3.41. The highest BCUT2D eigenvalue weighted by Gasteiger charge is 2.68. The molecule has 3 heterocycles. The summed E-state index contributed by atoms with van der Waals surface area (Å²) in [5.41, 5.74) is -7.13. The predicted molar refractivity (Wildman–Crippen MR) is 240 cm³/mol. The van der Waals surface area contributed by atoms with Gasteiger partial charge in [-0.1, -0.05) is 23.6 Å². The highest BCUT2D eigenvalue weighted by Crippen LogP contribution is 2.68. The molecule has 15 nitrogen and oxygen atoms in total. The standard InChI is InChI=1S/C44H41ClF10N8O7S2/c1-40(2,66)19-56-31(64)18-63(71(67)68)39-34-29(45)9-8-26(36(34)62(60-39)20-42(48,49)50)25-7-6-24(10-11-41(3,4)72(5,69)70)57-35(25)30(14-21-12-22(46)15-23(47)13-21)58-32(65)17-61-38-33(37(59-61)44(53,54)55)27-16-28(27)43(38,51)52/h6-9,12-13,15,27-28,30,66H,14,16-20H2,1-5H3,(H,56,64)(H,58,65)(H,67,68)/t27-,28+,30?/m0/s1. The summed E-state index contributed by atoms with van der Waals surface area (Å²) in [6, 6.07) is 4.93. The fraction of sp³-hybridized carbons (Fsp3) is 0.432. The first kappa shape index (κ1) is 54.0. The number of fused-ring (bicyclic) bond motifs is 4. The Balaban J connectivity index is 1.46. The Morgan fingerprint density at radius 3 is 2.21 bits per heavy atom. The van der Waals surface area contributed by atoms with E-state index in [-0.39, 0.29) is 40.0 Å². The molecule has 4 N–H and O–H groups in total. The highest BCUT2D eigenvalue weighted by atomic mass is 35.5. The Hall–Kier alpha value is -5.82. The molecule has 388 valence electrons. The molecule has 1 fully saturated rings. The average molecular weight is 1080 g/mol. The maximum atomic E-state index is 15.6. The molecule has 0 spiro atoms. The van der Waals surface area contributed by atoms with Crippen LogP contribution in [0.25, 0.3) is 22.0 Å². The SMILES string of the molecule is CC(C)(O)CNC(=O)CN(c1nn(CC(F)(F)F)c2c(-c3ccc(C#CC(C)(C)S(C)(=O)=O)nc3C(Cc3cc(F)cc(F)c3)NC(=O)Cn3nc(C(F)(F)F)c4c3C(F)(F)[C@@H]3C[C@H]43)ccc(Cl)c12)S(=O)O. The van der Waals surface area contributed by atoms with Gasteiger partial charge in [0.05, 0.1) is 33.3 Å². The number of nitrogens with zero attached hydrogens (tertiary/aromatic N) is 6. The van der Waals surface area contributed by atoms with Gasteiger partial charge in [0, 0.05) is 41.5 Å². The highest BCUT2D eigenvalue weighted by molar-refractivity contribution is 7.92. The van der Waals surface area contributed by atoms with Gasteiger partial charge < -0.3 is 15.7 Å². The van der Waals surface area contributed by atoms with E-state index in [9.17, 15) is 67.0 Å². The van der Waals surface area contributed by atoms with E-state index in [1.54, 1.807) is 0 Å². The summed E-state index contributed by atoms with van der Waals surface area (Å²) < 4.78 is 194. The number of hydrogen-bond acceptors (Lipinski definition) is 9. The molecular weight excluding hydrogens is 1040 g/mol. The number of carbonyl (C=O) groups is 2. The molecule has 3 aromatic heterocycles. The predicted octanol–water partition coefficient (Wildman–Crippen LogP) is 7.12. The van der Waals surface area contributed by atoms with Crippen LogP contribution in [0, 0.1) is 29.4 Å². The van der Waals surface area contributed by atoms with Crippen molar-refractivity contribution in [1.82, 2.24) is 35.2 Å². The molecule has 2 unspecified atom stereocenters. The minimum Gasteiger partial charge on any atom is -0.389 e. The molecular formula is C44H41ClF10N8O7S2. The largest absolute Gasteiger partial charge is 0.435 e. The number of pyridine rings is 1. The Labute approximate surface area is 410 Å². The smallest absolute Gasteiger partial charge is 0.389 e. The van der Waals surface area contributed by atoms with E-state index in [1.807, 2.05) is 0 Å². The lowest BCUT2D eigenvalue weighted by Crippen LogP contribution is -2.43. The monoisotopic (exact) mass is 1080 g/mol. The Morgan fingerprint density at radius 2 is 1.62 bits per heavy atom. The second kappa shape index (κ2) is 18.9. The summed E-state index contributed by atoms with van der Waals surface area (Å²) in [6.45, 7) is 0.506. The lowest BCUT2D eigenvalue weighted by atomic mass is 9.93. The number of aliphatic hydroxyl groups is 1. The Kier molecular flexibility index (Phi) is 14.2. The zero-order chi connectivity index (χ0) is 53.4.